The molecule has 0 N–H and O–H groups in total. The van der Waals surface area contributed by atoms with Gasteiger partial charge in [-0.05, 0) is 23.4 Å². The van der Waals surface area contributed by atoms with Gasteiger partial charge in [0.2, 0.25) is 5.88 Å². The van der Waals surface area contributed by atoms with Gasteiger partial charge in [-0.3, -0.25) is 4.90 Å². The van der Waals surface area contributed by atoms with Crippen molar-refractivity contribution in [3.05, 3.63) is 66.4 Å². The highest BCUT2D eigenvalue weighted by Gasteiger charge is 2.25. The minimum absolute atomic E-state index is 0.327. The van der Waals surface area contributed by atoms with Crippen molar-refractivity contribution in [2.24, 2.45) is 0 Å². The van der Waals surface area contributed by atoms with Crippen LogP contribution in [0, 0.1) is 0 Å². The average Bonchev–Trinajstić information content (AvgIpc) is 2.99. The smallest absolute Gasteiger partial charge is 0.391 e. The van der Waals surface area contributed by atoms with Gasteiger partial charge >= 0.3 is 6.09 Å². The Labute approximate surface area is 128 Å². The van der Waals surface area contributed by atoms with E-state index >= 15 is 0 Å². The zero-order valence-electron chi connectivity index (χ0n) is 11.9. The average molecular weight is 290 g/mol. The number of hydrogen-bond donors (Lipinski definition) is 0. The minimum Gasteiger partial charge on any atom is -0.391 e. The highest BCUT2D eigenvalue weighted by Crippen LogP contribution is 2.28. The van der Waals surface area contributed by atoms with Gasteiger partial charge in [-0.25, -0.2) is 9.78 Å². The first-order valence-electron chi connectivity index (χ1n) is 7.23. The van der Waals surface area contributed by atoms with Crippen molar-refractivity contribution in [3.8, 4) is 5.88 Å². The summed E-state index contributed by atoms with van der Waals surface area (Å²) in [6, 6.07) is 17.5. The van der Waals surface area contributed by atoms with E-state index in [0.29, 0.717) is 12.4 Å². The number of aromatic nitrogens is 1. The topological polar surface area (TPSA) is 42.4 Å². The largest absolute Gasteiger partial charge is 0.421 e. The van der Waals surface area contributed by atoms with Gasteiger partial charge in [0, 0.05) is 24.2 Å². The van der Waals surface area contributed by atoms with Crippen molar-refractivity contribution < 1.29 is 9.53 Å². The normalized spacial score (nSPS) is 13.2. The number of fused-ring (bicyclic) bond motifs is 2. The van der Waals surface area contributed by atoms with E-state index in [1.165, 1.54) is 5.56 Å². The molecule has 0 unspecified atom stereocenters. The molecule has 4 rings (SSSR count). The quantitative estimate of drug-likeness (QED) is 0.684. The van der Waals surface area contributed by atoms with E-state index in [4.69, 9.17) is 4.74 Å². The van der Waals surface area contributed by atoms with Crippen LogP contribution in [0.15, 0.2) is 60.8 Å². The van der Waals surface area contributed by atoms with Crippen molar-refractivity contribution in [1.82, 2.24) is 4.98 Å². The van der Waals surface area contributed by atoms with Gasteiger partial charge < -0.3 is 4.74 Å². The number of carbonyl (C=O) groups is 1. The molecule has 1 aromatic heterocycles. The summed E-state index contributed by atoms with van der Waals surface area (Å²) in [5.74, 6) is 0.327. The highest BCUT2D eigenvalue weighted by molar-refractivity contribution is 5.92. The van der Waals surface area contributed by atoms with Gasteiger partial charge in [-0.15, -0.1) is 0 Å². The van der Waals surface area contributed by atoms with Crippen LogP contribution in [0.25, 0.3) is 10.8 Å². The fourth-order valence-electron chi connectivity index (χ4n) is 2.79. The molecule has 0 bridgehead atoms. The lowest BCUT2D eigenvalue weighted by Gasteiger charge is -2.16. The first-order valence-corrected chi connectivity index (χ1v) is 7.23. The first kappa shape index (κ1) is 12.8. The zero-order valence-corrected chi connectivity index (χ0v) is 11.9. The fraction of sp³-hybridized carbons (Fsp3) is 0.111. The molecule has 1 aliphatic heterocycles. The Morgan fingerprint density at radius 2 is 1.82 bits per heavy atom. The van der Waals surface area contributed by atoms with Crippen LogP contribution in [-0.4, -0.2) is 17.6 Å². The Bertz CT molecular complexity index is 860. The maximum Gasteiger partial charge on any atom is 0.421 e. The van der Waals surface area contributed by atoms with Crippen molar-refractivity contribution >= 4 is 22.6 Å². The van der Waals surface area contributed by atoms with E-state index in [2.05, 4.69) is 4.98 Å². The number of nitrogens with zero attached hydrogens (tertiary/aromatic N) is 2. The molecule has 22 heavy (non-hydrogen) atoms. The molecule has 1 aliphatic rings. The molecule has 0 saturated heterocycles. The molecular weight excluding hydrogens is 276 g/mol. The van der Waals surface area contributed by atoms with Crippen LogP contribution < -0.4 is 9.64 Å². The number of ether oxygens (including phenoxy) is 1. The molecule has 0 saturated carbocycles. The van der Waals surface area contributed by atoms with Crippen LogP contribution in [-0.2, 0) is 6.42 Å². The fourth-order valence-corrected chi connectivity index (χ4v) is 2.79. The van der Waals surface area contributed by atoms with Crippen LogP contribution in [0.2, 0.25) is 0 Å². The van der Waals surface area contributed by atoms with Crippen LogP contribution in [0.4, 0.5) is 10.5 Å². The van der Waals surface area contributed by atoms with E-state index in [1.807, 2.05) is 48.5 Å². The zero-order chi connectivity index (χ0) is 14.9. The summed E-state index contributed by atoms with van der Waals surface area (Å²) < 4.78 is 5.44. The first-order chi connectivity index (χ1) is 10.8. The molecular formula is C18H14N2O2. The maximum absolute atomic E-state index is 12.4. The van der Waals surface area contributed by atoms with Gasteiger partial charge in [0.15, 0.2) is 0 Å². The number of hydrogen-bond acceptors (Lipinski definition) is 3. The Balaban J connectivity index is 1.59. The summed E-state index contributed by atoms with van der Waals surface area (Å²) in [5.41, 5.74) is 2.10. The number of para-hydroxylation sites is 1. The lowest BCUT2D eigenvalue weighted by atomic mass is 10.2. The Kier molecular flexibility index (Phi) is 3.00. The monoisotopic (exact) mass is 290 g/mol. The summed E-state index contributed by atoms with van der Waals surface area (Å²) in [4.78, 5) is 18.2. The van der Waals surface area contributed by atoms with E-state index in [1.54, 1.807) is 17.2 Å². The van der Waals surface area contributed by atoms with Crippen molar-refractivity contribution in [2.75, 3.05) is 11.4 Å². The predicted molar refractivity (Wildman–Crippen MR) is 85.3 cm³/mol. The van der Waals surface area contributed by atoms with Gasteiger partial charge in [0.05, 0.1) is 5.69 Å². The van der Waals surface area contributed by atoms with Crippen molar-refractivity contribution in [1.29, 1.82) is 0 Å². The summed E-state index contributed by atoms with van der Waals surface area (Å²) in [5, 5.41) is 2.02. The molecule has 4 heteroatoms. The van der Waals surface area contributed by atoms with E-state index < -0.39 is 0 Å². The molecule has 0 aliphatic carbocycles. The third-order valence-electron chi connectivity index (χ3n) is 3.91. The van der Waals surface area contributed by atoms with Crippen LogP contribution in [0.5, 0.6) is 5.88 Å². The van der Waals surface area contributed by atoms with E-state index in [9.17, 15) is 4.79 Å². The standard InChI is InChI=1S/C18H14N2O2/c21-18(20-10-9-13-5-3-4-8-16(13)20)22-17-11-14-6-1-2-7-15(14)12-19-17/h1-8,11-12H,9-10H2. The molecule has 4 nitrogen and oxygen atoms in total. The van der Waals surface area contributed by atoms with Crippen molar-refractivity contribution in [3.63, 3.8) is 0 Å². The number of amides is 1. The molecule has 108 valence electrons. The summed E-state index contributed by atoms with van der Waals surface area (Å²) in [6.07, 6.45) is 2.19. The molecule has 2 heterocycles. The van der Waals surface area contributed by atoms with Crippen LogP contribution >= 0.6 is 0 Å². The lowest BCUT2D eigenvalue weighted by Crippen LogP contribution is -2.31. The lowest BCUT2D eigenvalue weighted by molar-refractivity contribution is 0.206. The van der Waals surface area contributed by atoms with Gasteiger partial charge in [0.25, 0.3) is 0 Å². The van der Waals surface area contributed by atoms with Gasteiger partial charge in [-0.1, -0.05) is 42.5 Å². The molecule has 1 amide bonds. The minimum atomic E-state index is -0.382. The SMILES string of the molecule is O=C(Oc1cc2ccccc2cn1)N1CCc2ccccc21. The predicted octanol–water partition coefficient (Wildman–Crippen LogP) is 3.80. The summed E-state index contributed by atoms with van der Waals surface area (Å²) in [6.45, 7) is 0.645. The van der Waals surface area contributed by atoms with Crippen LogP contribution in [0.3, 0.4) is 0 Å². The molecule has 0 fully saturated rings. The molecule has 0 spiro atoms. The number of rotatable bonds is 1. The Morgan fingerprint density at radius 1 is 1.05 bits per heavy atom. The second-order valence-electron chi connectivity index (χ2n) is 5.27. The summed E-state index contributed by atoms with van der Waals surface area (Å²) >= 11 is 0. The molecule has 3 aromatic rings. The number of pyridine rings is 1. The van der Waals surface area contributed by atoms with Crippen LogP contribution in [0.1, 0.15) is 5.56 Å². The van der Waals surface area contributed by atoms with E-state index in [0.717, 1.165) is 22.9 Å². The molecule has 0 atom stereocenters. The van der Waals surface area contributed by atoms with E-state index in [-0.39, 0.29) is 6.09 Å². The van der Waals surface area contributed by atoms with Gasteiger partial charge in [-0.2, -0.15) is 0 Å². The highest BCUT2D eigenvalue weighted by atomic mass is 16.6. The second-order valence-corrected chi connectivity index (χ2v) is 5.27. The Morgan fingerprint density at radius 3 is 2.73 bits per heavy atom. The molecule has 2 aromatic carbocycles. The Hall–Kier alpha value is -2.88. The van der Waals surface area contributed by atoms with Gasteiger partial charge in [0.1, 0.15) is 0 Å². The summed E-state index contributed by atoms with van der Waals surface area (Å²) in [7, 11) is 0. The number of carbonyl (C=O) groups excluding carboxylic acids is 1. The third kappa shape index (κ3) is 2.19. The molecule has 0 radical (unpaired) electrons. The number of benzene rings is 2. The number of anilines is 1. The third-order valence-corrected chi connectivity index (χ3v) is 3.91. The van der Waals surface area contributed by atoms with Crippen molar-refractivity contribution in [2.45, 2.75) is 6.42 Å². The second kappa shape index (κ2) is 5.15. The maximum atomic E-state index is 12.4.